The van der Waals surface area contributed by atoms with E-state index >= 15 is 0 Å². The van der Waals surface area contributed by atoms with Crippen molar-refractivity contribution in [3.05, 3.63) is 24.3 Å². The number of hydrogen-bond donors (Lipinski definition) is 1. The largest absolute Gasteiger partial charge is 0.342 e. The van der Waals surface area contributed by atoms with Crippen molar-refractivity contribution in [3.8, 4) is 0 Å². The van der Waals surface area contributed by atoms with Gasteiger partial charge in [-0.25, -0.2) is 9.97 Å². The van der Waals surface area contributed by atoms with Gasteiger partial charge in [0.15, 0.2) is 0 Å². The molecule has 0 bridgehead atoms. The van der Waals surface area contributed by atoms with Crippen LogP contribution in [0, 0.1) is 5.41 Å². The van der Waals surface area contributed by atoms with E-state index in [1.165, 1.54) is 0 Å². The van der Waals surface area contributed by atoms with E-state index in [0.717, 1.165) is 0 Å². The molecular formula is C15H22N4O2. The van der Waals surface area contributed by atoms with Gasteiger partial charge in [0.05, 0.1) is 6.54 Å². The summed E-state index contributed by atoms with van der Waals surface area (Å²) in [7, 11) is 0. The summed E-state index contributed by atoms with van der Waals surface area (Å²) in [5, 5.41) is 2.82. The lowest BCUT2D eigenvalue weighted by Gasteiger charge is -2.44. The van der Waals surface area contributed by atoms with E-state index in [-0.39, 0.29) is 23.8 Å². The van der Waals surface area contributed by atoms with E-state index in [4.69, 9.17) is 0 Å². The number of amides is 2. The first kappa shape index (κ1) is 15.4. The van der Waals surface area contributed by atoms with Crippen molar-refractivity contribution in [3.63, 3.8) is 0 Å². The molecule has 21 heavy (non-hydrogen) atoms. The maximum absolute atomic E-state index is 12.6. The Hall–Kier alpha value is -1.98. The van der Waals surface area contributed by atoms with Crippen LogP contribution < -0.4 is 5.32 Å². The Kier molecular flexibility index (Phi) is 4.25. The van der Waals surface area contributed by atoms with E-state index in [9.17, 15) is 9.59 Å². The highest BCUT2D eigenvalue weighted by Crippen LogP contribution is 2.29. The number of rotatable bonds is 3. The topological polar surface area (TPSA) is 75.2 Å². The van der Waals surface area contributed by atoms with Gasteiger partial charge in [-0.3, -0.25) is 9.59 Å². The molecular weight excluding hydrogens is 268 g/mol. The first-order chi connectivity index (χ1) is 9.84. The molecule has 0 radical (unpaired) electrons. The first-order valence-corrected chi connectivity index (χ1v) is 7.21. The van der Waals surface area contributed by atoms with Crippen LogP contribution in [0.25, 0.3) is 0 Å². The van der Waals surface area contributed by atoms with Gasteiger partial charge in [0.2, 0.25) is 11.8 Å². The molecule has 114 valence electrons. The molecule has 1 N–H and O–H groups in total. The van der Waals surface area contributed by atoms with Gasteiger partial charge in [-0.05, 0) is 17.9 Å². The van der Waals surface area contributed by atoms with Gasteiger partial charge >= 0.3 is 0 Å². The summed E-state index contributed by atoms with van der Waals surface area (Å²) in [5.74, 6) is 0.374. The smallest absolute Gasteiger partial charge is 0.246 e. The molecule has 1 aromatic heterocycles. The number of carbonyl (C=O) groups is 2. The number of piperazine rings is 1. The highest BCUT2D eigenvalue weighted by atomic mass is 16.2. The zero-order valence-corrected chi connectivity index (χ0v) is 13.0. The maximum Gasteiger partial charge on any atom is 0.246 e. The lowest BCUT2D eigenvalue weighted by Crippen LogP contribution is -2.66. The Morgan fingerprint density at radius 3 is 2.38 bits per heavy atom. The van der Waals surface area contributed by atoms with Crippen molar-refractivity contribution in [1.82, 2.24) is 20.2 Å². The summed E-state index contributed by atoms with van der Waals surface area (Å²) in [5.41, 5.74) is -0.354. The monoisotopic (exact) mass is 290 g/mol. The molecule has 0 aromatic carbocycles. The van der Waals surface area contributed by atoms with Crippen LogP contribution in [0.5, 0.6) is 0 Å². The van der Waals surface area contributed by atoms with Crippen LogP contribution in [0.4, 0.5) is 0 Å². The maximum atomic E-state index is 12.6. The van der Waals surface area contributed by atoms with E-state index in [1.54, 1.807) is 23.4 Å². The summed E-state index contributed by atoms with van der Waals surface area (Å²) < 4.78 is 0. The minimum atomic E-state index is -0.517. The van der Waals surface area contributed by atoms with Crippen LogP contribution in [0.15, 0.2) is 18.5 Å². The SMILES string of the molecule is CCC1NC(=O)C(C(C)(C)C)N(Cc2ncccn2)C1=O. The van der Waals surface area contributed by atoms with E-state index < -0.39 is 12.1 Å². The van der Waals surface area contributed by atoms with Crippen LogP contribution >= 0.6 is 0 Å². The van der Waals surface area contributed by atoms with Crippen molar-refractivity contribution in [2.45, 2.75) is 52.7 Å². The molecule has 2 atom stereocenters. The number of hydrogen-bond acceptors (Lipinski definition) is 4. The van der Waals surface area contributed by atoms with Crippen LogP contribution in [0.3, 0.4) is 0 Å². The third kappa shape index (κ3) is 3.20. The second kappa shape index (κ2) is 5.79. The fraction of sp³-hybridized carbons (Fsp3) is 0.600. The van der Waals surface area contributed by atoms with Crippen molar-refractivity contribution in [2.24, 2.45) is 5.41 Å². The van der Waals surface area contributed by atoms with E-state index in [1.807, 2.05) is 27.7 Å². The molecule has 1 aliphatic rings. The van der Waals surface area contributed by atoms with Crippen molar-refractivity contribution >= 4 is 11.8 Å². The predicted molar refractivity (Wildman–Crippen MR) is 78.0 cm³/mol. The predicted octanol–water partition coefficient (Wildman–Crippen LogP) is 1.13. The molecule has 2 amide bonds. The Balaban J connectivity index is 2.34. The van der Waals surface area contributed by atoms with Gasteiger partial charge in [-0.2, -0.15) is 0 Å². The van der Waals surface area contributed by atoms with Crippen LogP contribution in [0.1, 0.15) is 39.9 Å². The van der Waals surface area contributed by atoms with Gasteiger partial charge in [-0.15, -0.1) is 0 Å². The third-order valence-corrected chi connectivity index (χ3v) is 3.62. The Bertz CT molecular complexity index is 524. The minimum Gasteiger partial charge on any atom is -0.342 e. The number of carbonyl (C=O) groups excluding carboxylic acids is 2. The van der Waals surface area contributed by atoms with Crippen molar-refractivity contribution in [2.75, 3.05) is 0 Å². The fourth-order valence-corrected chi connectivity index (χ4v) is 2.65. The third-order valence-electron chi connectivity index (χ3n) is 3.62. The molecule has 2 heterocycles. The molecule has 0 aliphatic carbocycles. The average molecular weight is 290 g/mol. The molecule has 0 spiro atoms. The molecule has 2 rings (SSSR count). The summed E-state index contributed by atoms with van der Waals surface area (Å²) in [6.45, 7) is 8.00. The molecule has 1 aliphatic heterocycles. The molecule has 6 heteroatoms. The summed E-state index contributed by atoms with van der Waals surface area (Å²) >= 11 is 0. The van der Waals surface area contributed by atoms with E-state index in [0.29, 0.717) is 12.2 Å². The number of nitrogens with zero attached hydrogens (tertiary/aromatic N) is 3. The molecule has 1 saturated heterocycles. The fourth-order valence-electron chi connectivity index (χ4n) is 2.65. The highest BCUT2D eigenvalue weighted by molar-refractivity contribution is 5.97. The van der Waals surface area contributed by atoms with Crippen LogP contribution in [0.2, 0.25) is 0 Å². The van der Waals surface area contributed by atoms with Gasteiger partial charge < -0.3 is 10.2 Å². The molecule has 6 nitrogen and oxygen atoms in total. The highest BCUT2D eigenvalue weighted by Gasteiger charge is 2.45. The molecule has 2 unspecified atom stereocenters. The zero-order valence-electron chi connectivity index (χ0n) is 13.0. The molecule has 1 fully saturated rings. The number of nitrogens with one attached hydrogen (secondary N) is 1. The second-order valence-corrected chi connectivity index (χ2v) is 6.37. The quantitative estimate of drug-likeness (QED) is 0.905. The zero-order chi connectivity index (χ0) is 15.6. The Morgan fingerprint density at radius 2 is 1.86 bits per heavy atom. The van der Waals surface area contributed by atoms with Crippen LogP contribution in [-0.4, -0.2) is 38.8 Å². The molecule has 0 saturated carbocycles. The van der Waals surface area contributed by atoms with Crippen molar-refractivity contribution in [1.29, 1.82) is 0 Å². The minimum absolute atomic E-state index is 0.0653. The Morgan fingerprint density at radius 1 is 1.24 bits per heavy atom. The molecule has 1 aromatic rings. The summed E-state index contributed by atoms with van der Waals surface area (Å²) in [6, 6.07) is 0.751. The van der Waals surface area contributed by atoms with Gasteiger partial charge in [-0.1, -0.05) is 27.7 Å². The number of aromatic nitrogens is 2. The first-order valence-electron chi connectivity index (χ1n) is 7.21. The standard InChI is InChI=1S/C15H22N4O2/c1-5-10-14(21)19(9-11-16-7-6-8-17-11)12(13(20)18-10)15(2,3)4/h6-8,10,12H,5,9H2,1-4H3,(H,18,20). The lowest BCUT2D eigenvalue weighted by atomic mass is 9.83. The van der Waals surface area contributed by atoms with Crippen LogP contribution in [-0.2, 0) is 16.1 Å². The van der Waals surface area contributed by atoms with Gasteiger partial charge in [0.25, 0.3) is 0 Å². The van der Waals surface area contributed by atoms with E-state index in [2.05, 4.69) is 15.3 Å². The normalized spacial score (nSPS) is 23.1. The lowest BCUT2D eigenvalue weighted by molar-refractivity contribution is -0.154. The van der Waals surface area contributed by atoms with Gasteiger partial charge in [0, 0.05) is 12.4 Å². The summed E-state index contributed by atoms with van der Waals surface area (Å²) in [4.78, 5) is 35.0. The Labute approximate surface area is 125 Å². The average Bonchev–Trinajstić information content (AvgIpc) is 2.42. The summed E-state index contributed by atoms with van der Waals surface area (Å²) in [6.07, 6.45) is 3.86. The second-order valence-electron chi connectivity index (χ2n) is 6.37. The van der Waals surface area contributed by atoms with Crippen molar-refractivity contribution < 1.29 is 9.59 Å². The van der Waals surface area contributed by atoms with Gasteiger partial charge in [0.1, 0.15) is 17.9 Å².